The number of hydrogen-bond acceptors (Lipinski definition) is 1. The minimum absolute atomic E-state index is 0.755. The molecule has 0 aliphatic heterocycles. The molecule has 0 saturated heterocycles. The lowest BCUT2D eigenvalue weighted by molar-refractivity contribution is 0.409. The molecule has 0 aliphatic rings. The number of allylic oxidation sites excluding steroid dienone is 1. The van der Waals surface area contributed by atoms with Crippen molar-refractivity contribution in [2.45, 2.75) is 12.8 Å². The molecular weight excluding hydrogens is 328 g/mol. The molecule has 0 unspecified atom stereocenters. The smallest absolute Gasteiger partial charge is 0.122 e. The van der Waals surface area contributed by atoms with Gasteiger partial charge in [0.25, 0.3) is 0 Å². The van der Waals surface area contributed by atoms with E-state index in [0.717, 1.165) is 23.6 Å². The Morgan fingerprint density at radius 3 is 2.20 bits per heavy atom. The maximum atomic E-state index is 6.05. The molecule has 3 rings (SSSR count). The van der Waals surface area contributed by atoms with Crippen molar-refractivity contribution >= 4 is 17.2 Å². The van der Waals surface area contributed by atoms with Crippen LogP contribution < -0.4 is 4.74 Å². The second-order valence-electron chi connectivity index (χ2n) is 5.84. The lowest BCUT2D eigenvalue weighted by Gasteiger charge is -2.10. The Bertz CT molecular complexity index is 835. The number of hydrogen-bond donors (Lipinski definition) is 0. The van der Waals surface area contributed by atoms with Gasteiger partial charge >= 0.3 is 0 Å². The van der Waals surface area contributed by atoms with E-state index in [4.69, 9.17) is 16.3 Å². The maximum Gasteiger partial charge on any atom is 0.122 e. The predicted octanol–water partition coefficient (Wildman–Crippen LogP) is 6.41. The van der Waals surface area contributed by atoms with Crippen LogP contribution in [0.5, 0.6) is 5.75 Å². The van der Waals surface area contributed by atoms with Gasteiger partial charge in [-0.15, -0.1) is 0 Å². The van der Waals surface area contributed by atoms with Gasteiger partial charge in [0, 0.05) is 5.02 Å². The number of ether oxygens (including phenoxy) is 1. The molecule has 0 aliphatic carbocycles. The SMILES string of the molecule is COc1ccccc1CC/C=C(/c1ccccc1)c1ccc(Cl)cc1. The van der Waals surface area contributed by atoms with Gasteiger partial charge in [0.2, 0.25) is 0 Å². The molecule has 0 radical (unpaired) electrons. The van der Waals surface area contributed by atoms with E-state index in [1.165, 1.54) is 22.3 Å². The summed E-state index contributed by atoms with van der Waals surface area (Å²) in [4.78, 5) is 0. The minimum atomic E-state index is 0.755. The fourth-order valence-corrected chi connectivity index (χ4v) is 3.06. The summed E-state index contributed by atoms with van der Waals surface area (Å²) in [5.41, 5.74) is 4.84. The number of aryl methyl sites for hydroxylation is 1. The van der Waals surface area contributed by atoms with Crippen molar-refractivity contribution in [3.05, 3.63) is 107 Å². The van der Waals surface area contributed by atoms with E-state index in [9.17, 15) is 0 Å². The fourth-order valence-electron chi connectivity index (χ4n) is 2.93. The molecule has 25 heavy (non-hydrogen) atoms. The van der Waals surface area contributed by atoms with E-state index in [1.807, 2.05) is 30.3 Å². The van der Waals surface area contributed by atoms with E-state index in [1.54, 1.807) is 7.11 Å². The maximum absolute atomic E-state index is 6.05. The van der Waals surface area contributed by atoms with Crippen molar-refractivity contribution < 1.29 is 4.74 Å². The van der Waals surface area contributed by atoms with Crippen LogP contribution in [0.4, 0.5) is 0 Å². The van der Waals surface area contributed by atoms with Gasteiger partial charge in [-0.3, -0.25) is 0 Å². The molecule has 0 atom stereocenters. The molecule has 0 spiro atoms. The summed E-state index contributed by atoms with van der Waals surface area (Å²) in [5.74, 6) is 0.948. The molecule has 0 aromatic heterocycles. The van der Waals surface area contributed by atoms with E-state index in [0.29, 0.717) is 0 Å². The van der Waals surface area contributed by atoms with E-state index < -0.39 is 0 Å². The second-order valence-corrected chi connectivity index (χ2v) is 6.28. The monoisotopic (exact) mass is 348 g/mol. The van der Waals surface area contributed by atoms with E-state index >= 15 is 0 Å². The van der Waals surface area contributed by atoms with Gasteiger partial charge in [-0.1, -0.05) is 78.3 Å². The minimum Gasteiger partial charge on any atom is -0.496 e. The average molecular weight is 349 g/mol. The van der Waals surface area contributed by atoms with Gasteiger partial charge in [0.15, 0.2) is 0 Å². The molecule has 2 heteroatoms. The third kappa shape index (κ3) is 4.52. The molecule has 0 fully saturated rings. The highest BCUT2D eigenvalue weighted by molar-refractivity contribution is 6.30. The Labute approximate surface area is 154 Å². The largest absolute Gasteiger partial charge is 0.496 e. The van der Waals surface area contributed by atoms with Gasteiger partial charge in [0.1, 0.15) is 5.75 Å². The van der Waals surface area contributed by atoms with Crippen LogP contribution in [-0.2, 0) is 6.42 Å². The molecule has 1 nitrogen and oxygen atoms in total. The number of para-hydroxylation sites is 1. The lowest BCUT2D eigenvalue weighted by Crippen LogP contribution is -1.92. The summed E-state index contributed by atoms with van der Waals surface area (Å²) in [6.07, 6.45) is 4.17. The van der Waals surface area contributed by atoms with Crippen LogP contribution >= 0.6 is 11.6 Å². The zero-order valence-electron chi connectivity index (χ0n) is 14.3. The predicted molar refractivity (Wildman–Crippen MR) is 106 cm³/mol. The third-order valence-electron chi connectivity index (χ3n) is 4.19. The number of halogens is 1. The standard InChI is InChI=1S/C23H21ClO/c1-25-23-13-6-5-10-20(23)11-7-12-22(18-8-3-2-4-9-18)19-14-16-21(24)17-15-19/h2-6,8-10,12-17H,7,11H2,1H3/b22-12-. The highest BCUT2D eigenvalue weighted by Crippen LogP contribution is 2.26. The Morgan fingerprint density at radius 1 is 0.840 bits per heavy atom. The first-order valence-corrected chi connectivity index (χ1v) is 8.79. The van der Waals surface area contributed by atoms with Gasteiger partial charge < -0.3 is 4.74 Å². The quantitative estimate of drug-likeness (QED) is 0.500. The number of benzene rings is 3. The molecule has 0 amide bonds. The molecular formula is C23H21ClO. The van der Waals surface area contributed by atoms with Crippen LogP contribution in [0.1, 0.15) is 23.1 Å². The van der Waals surface area contributed by atoms with E-state index in [2.05, 4.69) is 54.6 Å². The third-order valence-corrected chi connectivity index (χ3v) is 4.45. The summed E-state index contributed by atoms with van der Waals surface area (Å²) in [7, 11) is 1.72. The first-order chi connectivity index (χ1) is 12.3. The summed E-state index contributed by atoms with van der Waals surface area (Å²) in [6, 6.07) is 26.7. The number of methoxy groups -OCH3 is 1. The van der Waals surface area contributed by atoms with Crippen molar-refractivity contribution in [3.8, 4) is 5.75 Å². The summed E-state index contributed by atoms with van der Waals surface area (Å²) < 4.78 is 5.45. The molecule has 0 N–H and O–H groups in total. The number of rotatable bonds is 6. The van der Waals surface area contributed by atoms with Gasteiger partial charge in [0.05, 0.1) is 7.11 Å². The zero-order valence-corrected chi connectivity index (χ0v) is 15.0. The lowest BCUT2D eigenvalue weighted by atomic mass is 9.96. The van der Waals surface area contributed by atoms with Gasteiger partial charge in [-0.25, -0.2) is 0 Å². The Hall–Kier alpha value is -2.51. The van der Waals surface area contributed by atoms with Crippen LogP contribution in [0.3, 0.4) is 0 Å². The summed E-state index contributed by atoms with van der Waals surface area (Å²) in [6.45, 7) is 0. The summed E-state index contributed by atoms with van der Waals surface area (Å²) >= 11 is 6.05. The van der Waals surface area contributed by atoms with Gasteiger partial charge in [-0.2, -0.15) is 0 Å². The first-order valence-electron chi connectivity index (χ1n) is 8.41. The normalized spacial score (nSPS) is 11.4. The van der Waals surface area contributed by atoms with Crippen LogP contribution in [-0.4, -0.2) is 7.11 Å². The van der Waals surface area contributed by atoms with Crippen LogP contribution in [0.25, 0.3) is 5.57 Å². The molecule has 3 aromatic carbocycles. The molecule has 126 valence electrons. The van der Waals surface area contributed by atoms with Crippen molar-refractivity contribution in [1.82, 2.24) is 0 Å². The van der Waals surface area contributed by atoms with Crippen molar-refractivity contribution in [2.75, 3.05) is 7.11 Å². The van der Waals surface area contributed by atoms with Crippen LogP contribution in [0.15, 0.2) is 84.9 Å². The first kappa shape index (κ1) is 17.3. The van der Waals surface area contributed by atoms with Crippen molar-refractivity contribution in [3.63, 3.8) is 0 Å². The summed E-state index contributed by atoms with van der Waals surface area (Å²) in [5, 5.41) is 0.755. The molecule has 0 bridgehead atoms. The van der Waals surface area contributed by atoms with Crippen molar-refractivity contribution in [1.29, 1.82) is 0 Å². The topological polar surface area (TPSA) is 9.23 Å². The fraction of sp³-hybridized carbons (Fsp3) is 0.130. The van der Waals surface area contributed by atoms with Crippen LogP contribution in [0.2, 0.25) is 5.02 Å². The Kier molecular flexibility index (Phi) is 5.92. The Balaban J connectivity index is 1.86. The molecule has 0 saturated carbocycles. The second kappa shape index (κ2) is 8.55. The highest BCUT2D eigenvalue weighted by atomic mass is 35.5. The zero-order chi connectivity index (χ0) is 17.5. The molecule has 3 aromatic rings. The van der Waals surface area contributed by atoms with Crippen molar-refractivity contribution in [2.24, 2.45) is 0 Å². The van der Waals surface area contributed by atoms with Crippen LogP contribution in [0, 0.1) is 0 Å². The highest BCUT2D eigenvalue weighted by Gasteiger charge is 2.06. The van der Waals surface area contributed by atoms with E-state index in [-0.39, 0.29) is 0 Å². The Morgan fingerprint density at radius 2 is 1.48 bits per heavy atom. The average Bonchev–Trinajstić information content (AvgIpc) is 2.67. The van der Waals surface area contributed by atoms with Gasteiger partial charge in [-0.05, 0) is 53.3 Å². The molecule has 0 heterocycles.